The number of methoxy groups -OCH3 is 1. The number of nitrogens with one attached hydrogen (secondary N) is 1. The lowest BCUT2D eigenvalue weighted by Crippen LogP contribution is -2.18. The van der Waals surface area contributed by atoms with E-state index < -0.39 is 0 Å². The van der Waals surface area contributed by atoms with E-state index in [2.05, 4.69) is 5.32 Å². The Morgan fingerprint density at radius 2 is 1.76 bits per heavy atom. The second-order valence-electron chi connectivity index (χ2n) is 6.76. The zero-order valence-electron chi connectivity index (χ0n) is 17.1. The van der Waals surface area contributed by atoms with Gasteiger partial charge in [0.25, 0.3) is 0 Å². The van der Waals surface area contributed by atoms with E-state index in [0.29, 0.717) is 31.3 Å². The Kier molecular flexibility index (Phi) is 7.09. The third-order valence-electron chi connectivity index (χ3n) is 4.77. The SMILES string of the molecule is CCOCCOc1cccc(NC(=O)[C@@H](C)c2ccc3cc(OC)ccc3c2)c1. The molecular formula is C24H27NO4. The average molecular weight is 393 g/mol. The summed E-state index contributed by atoms with van der Waals surface area (Å²) in [6.45, 7) is 5.54. The van der Waals surface area contributed by atoms with Crippen LogP contribution in [0.1, 0.15) is 25.3 Å². The molecule has 0 heterocycles. The molecule has 29 heavy (non-hydrogen) atoms. The van der Waals surface area contributed by atoms with Gasteiger partial charge in [-0.3, -0.25) is 4.79 Å². The average Bonchev–Trinajstić information content (AvgIpc) is 2.75. The summed E-state index contributed by atoms with van der Waals surface area (Å²) >= 11 is 0. The van der Waals surface area contributed by atoms with Crippen molar-refractivity contribution in [3.05, 3.63) is 66.2 Å². The predicted octanol–water partition coefficient (Wildman–Crippen LogP) is 5.01. The topological polar surface area (TPSA) is 56.8 Å². The molecule has 1 atom stereocenters. The smallest absolute Gasteiger partial charge is 0.231 e. The second kappa shape index (κ2) is 9.94. The van der Waals surface area contributed by atoms with E-state index in [1.54, 1.807) is 7.11 Å². The molecule has 0 saturated heterocycles. The van der Waals surface area contributed by atoms with Gasteiger partial charge in [-0.2, -0.15) is 0 Å². The first-order valence-electron chi connectivity index (χ1n) is 9.80. The fraction of sp³-hybridized carbons (Fsp3) is 0.292. The Labute approximate surface area is 171 Å². The molecule has 1 N–H and O–H groups in total. The molecule has 0 aliphatic carbocycles. The molecule has 0 spiro atoms. The molecule has 0 saturated carbocycles. The second-order valence-corrected chi connectivity index (χ2v) is 6.76. The minimum absolute atomic E-state index is 0.0654. The van der Waals surface area contributed by atoms with Crippen LogP contribution in [0.2, 0.25) is 0 Å². The summed E-state index contributed by atoms with van der Waals surface area (Å²) in [5, 5.41) is 5.14. The molecule has 3 aromatic carbocycles. The molecule has 0 aliphatic heterocycles. The Bertz CT molecular complexity index is 970. The number of benzene rings is 3. The van der Waals surface area contributed by atoms with E-state index in [0.717, 1.165) is 22.1 Å². The van der Waals surface area contributed by atoms with Crippen molar-refractivity contribution in [2.24, 2.45) is 0 Å². The maximum atomic E-state index is 12.8. The van der Waals surface area contributed by atoms with Gasteiger partial charge in [-0.05, 0) is 54.4 Å². The fourth-order valence-electron chi connectivity index (χ4n) is 3.07. The molecule has 0 aromatic heterocycles. The minimum atomic E-state index is -0.288. The fourth-order valence-corrected chi connectivity index (χ4v) is 3.07. The molecular weight excluding hydrogens is 366 g/mol. The standard InChI is InChI=1S/C24H27NO4/c1-4-28-12-13-29-23-7-5-6-21(16-23)25-24(26)17(2)18-8-9-20-15-22(27-3)11-10-19(20)14-18/h5-11,14-17H,4,12-13H2,1-3H3,(H,25,26)/t17-/m0/s1. The molecule has 5 nitrogen and oxygen atoms in total. The zero-order chi connectivity index (χ0) is 20.6. The first kappa shape index (κ1) is 20.7. The van der Waals surface area contributed by atoms with E-state index >= 15 is 0 Å². The highest BCUT2D eigenvalue weighted by atomic mass is 16.5. The van der Waals surface area contributed by atoms with Crippen molar-refractivity contribution in [1.29, 1.82) is 0 Å². The minimum Gasteiger partial charge on any atom is -0.497 e. The molecule has 152 valence electrons. The summed E-state index contributed by atoms with van der Waals surface area (Å²) in [6, 6.07) is 19.4. The van der Waals surface area contributed by atoms with Crippen LogP contribution in [0.25, 0.3) is 10.8 Å². The summed E-state index contributed by atoms with van der Waals surface area (Å²) in [5.74, 6) is 1.17. The van der Waals surface area contributed by atoms with Gasteiger partial charge in [0, 0.05) is 18.4 Å². The van der Waals surface area contributed by atoms with Crippen LogP contribution in [-0.4, -0.2) is 32.8 Å². The Morgan fingerprint density at radius 1 is 0.966 bits per heavy atom. The van der Waals surface area contributed by atoms with Crippen molar-refractivity contribution in [3.63, 3.8) is 0 Å². The summed E-state index contributed by atoms with van der Waals surface area (Å²) in [6.07, 6.45) is 0. The van der Waals surface area contributed by atoms with Crippen LogP contribution in [-0.2, 0) is 9.53 Å². The molecule has 3 aromatic rings. The van der Waals surface area contributed by atoms with Gasteiger partial charge in [0.15, 0.2) is 0 Å². The van der Waals surface area contributed by atoms with E-state index in [1.165, 1.54) is 0 Å². The van der Waals surface area contributed by atoms with Gasteiger partial charge in [0.1, 0.15) is 18.1 Å². The summed E-state index contributed by atoms with van der Waals surface area (Å²) in [7, 11) is 1.65. The largest absolute Gasteiger partial charge is 0.497 e. The van der Waals surface area contributed by atoms with Gasteiger partial charge in [-0.25, -0.2) is 0 Å². The summed E-state index contributed by atoms with van der Waals surface area (Å²) < 4.78 is 16.2. The van der Waals surface area contributed by atoms with E-state index in [4.69, 9.17) is 14.2 Å². The summed E-state index contributed by atoms with van der Waals surface area (Å²) in [5.41, 5.74) is 1.67. The van der Waals surface area contributed by atoms with E-state index in [9.17, 15) is 4.79 Å². The maximum absolute atomic E-state index is 12.8. The van der Waals surface area contributed by atoms with Crippen molar-refractivity contribution in [3.8, 4) is 11.5 Å². The van der Waals surface area contributed by atoms with Crippen LogP contribution in [0.15, 0.2) is 60.7 Å². The molecule has 3 rings (SSSR count). The van der Waals surface area contributed by atoms with Crippen LogP contribution >= 0.6 is 0 Å². The number of anilines is 1. The highest BCUT2D eigenvalue weighted by molar-refractivity contribution is 5.96. The third kappa shape index (κ3) is 5.48. The predicted molar refractivity (Wildman–Crippen MR) is 116 cm³/mol. The number of carbonyl (C=O) groups excluding carboxylic acids is 1. The number of carbonyl (C=O) groups is 1. The van der Waals surface area contributed by atoms with Crippen LogP contribution in [0, 0.1) is 0 Å². The molecule has 0 bridgehead atoms. The van der Waals surface area contributed by atoms with Gasteiger partial charge < -0.3 is 19.5 Å². The van der Waals surface area contributed by atoms with Gasteiger partial charge in [0.05, 0.1) is 19.6 Å². The Morgan fingerprint density at radius 3 is 2.55 bits per heavy atom. The number of amides is 1. The van der Waals surface area contributed by atoms with Crippen LogP contribution in [0.3, 0.4) is 0 Å². The Balaban J connectivity index is 1.66. The lowest BCUT2D eigenvalue weighted by atomic mass is 9.97. The van der Waals surface area contributed by atoms with Gasteiger partial charge in [0.2, 0.25) is 5.91 Å². The lowest BCUT2D eigenvalue weighted by Gasteiger charge is -2.14. The van der Waals surface area contributed by atoms with Crippen molar-refractivity contribution in [2.45, 2.75) is 19.8 Å². The number of rotatable bonds is 9. The maximum Gasteiger partial charge on any atom is 0.231 e. The van der Waals surface area contributed by atoms with E-state index in [-0.39, 0.29) is 11.8 Å². The number of hydrogen-bond acceptors (Lipinski definition) is 4. The van der Waals surface area contributed by atoms with Gasteiger partial charge in [-0.1, -0.05) is 30.3 Å². The first-order chi connectivity index (χ1) is 14.1. The molecule has 0 unspecified atom stereocenters. The van der Waals surface area contributed by atoms with Crippen LogP contribution in [0.5, 0.6) is 11.5 Å². The number of ether oxygens (including phenoxy) is 3. The first-order valence-corrected chi connectivity index (χ1v) is 9.80. The quantitative estimate of drug-likeness (QED) is 0.520. The molecule has 0 radical (unpaired) electrons. The molecule has 5 heteroatoms. The number of hydrogen-bond donors (Lipinski definition) is 1. The molecule has 0 aliphatic rings. The highest BCUT2D eigenvalue weighted by Crippen LogP contribution is 2.26. The van der Waals surface area contributed by atoms with Crippen molar-refractivity contribution in [2.75, 3.05) is 32.2 Å². The van der Waals surface area contributed by atoms with E-state index in [1.807, 2.05) is 74.5 Å². The van der Waals surface area contributed by atoms with Gasteiger partial charge >= 0.3 is 0 Å². The van der Waals surface area contributed by atoms with Gasteiger partial charge in [-0.15, -0.1) is 0 Å². The van der Waals surface area contributed by atoms with Crippen molar-refractivity contribution in [1.82, 2.24) is 0 Å². The zero-order valence-corrected chi connectivity index (χ0v) is 17.1. The molecule has 0 fully saturated rings. The van der Waals surface area contributed by atoms with Crippen molar-refractivity contribution < 1.29 is 19.0 Å². The molecule has 1 amide bonds. The third-order valence-corrected chi connectivity index (χ3v) is 4.77. The highest BCUT2D eigenvalue weighted by Gasteiger charge is 2.16. The normalized spacial score (nSPS) is 11.8. The Hall–Kier alpha value is -3.05. The summed E-state index contributed by atoms with van der Waals surface area (Å²) in [4.78, 5) is 12.8. The number of fused-ring (bicyclic) bond motifs is 1. The van der Waals surface area contributed by atoms with Crippen LogP contribution < -0.4 is 14.8 Å². The van der Waals surface area contributed by atoms with Crippen molar-refractivity contribution >= 4 is 22.4 Å². The van der Waals surface area contributed by atoms with Crippen LogP contribution in [0.4, 0.5) is 5.69 Å². The lowest BCUT2D eigenvalue weighted by molar-refractivity contribution is -0.117. The monoisotopic (exact) mass is 393 g/mol.